The SMILES string of the molecule is CCOc1cc(/C=C(\C#N)C(=O)Nc2ccc(OC)cc2)ccc1OCc1cc(=O)n2nc(C)sc2n1. The quantitative estimate of drug-likeness (QED) is 0.261. The summed E-state index contributed by atoms with van der Waals surface area (Å²) in [5, 5.41) is 17.1. The summed E-state index contributed by atoms with van der Waals surface area (Å²) < 4.78 is 18.0. The van der Waals surface area contributed by atoms with Gasteiger partial charge in [0.2, 0.25) is 4.96 Å². The molecule has 0 aliphatic carbocycles. The molecular weight excluding hydrogens is 494 g/mol. The summed E-state index contributed by atoms with van der Waals surface area (Å²) in [5.74, 6) is 0.970. The Labute approximate surface area is 216 Å². The molecule has 37 heavy (non-hydrogen) atoms. The van der Waals surface area contributed by atoms with Crippen LogP contribution in [0.5, 0.6) is 17.2 Å². The molecule has 0 saturated carbocycles. The molecule has 0 saturated heterocycles. The topological polar surface area (TPSA) is 128 Å². The van der Waals surface area contributed by atoms with Crippen LogP contribution in [0.15, 0.2) is 58.9 Å². The van der Waals surface area contributed by atoms with E-state index in [4.69, 9.17) is 14.2 Å². The lowest BCUT2D eigenvalue weighted by Crippen LogP contribution is -2.16. The number of hydrogen-bond acceptors (Lipinski definition) is 9. The van der Waals surface area contributed by atoms with Gasteiger partial charge in [-0.2, -0.15) is 14.9 Å². The second-order valence-electron chi connectivity index (χ2n) is 7.68. The first kappa shape index (κ1) is 25.4. The smallest absolute Gasteiger partial charge is 0.275 e. The largest absolute Gasteiger partial charge is 0.497 e. The Hall–Kier alpha value is -4.69. The number of nitrogens with one attached hydrogen (secondary N) is 1. The van der Waals surface area contributed by atoms with Crippen molar-refractivity contribution in [2.24, 2.45) is 0 Å². The molecule has 2 aromatic carbocycles. The second kappa shape index (κ2) is 11.4. The fourth-order valence-corrected chi connectivity index (χ4v) is 4.13. The summed E-state index contributed by atoms with van der Waals surface area (Å²) in [5.41, 5.74) is 1.21. The van der Waals surface area contributed by atoms with Crippen LogP contribution in [-0.4, -0.2) is 34.2 Å². The first-order valence-electron chi connectivity index (χ1n) is 11.2. The molecule has 0 spiro atoms. The van der Waals surface area contributed by atoms with E-state index in [0.29, 0.717) is 45.8 Å². The first-order chi connectivity index (χ1) is 17.9. The highest BCUT2D eigenvalue weighted by atomic mass is 32.1. The minimum absolute atomic E-state index is 0.0473. The number of hydrogen-bond donors (Lipinski definition) is 1. The van der Waals surface area contributed by atoms with E-state index in [0.717, 1.165) is 5.01 Å². The van der Waals surface area contributed by atoms with Gasteiger partial charge in [0, 0.05) is 11.8 Å². The molecular formula is C26H23N5O5S. The molecule has 2 heterocycles. The molecule has 0 bridgehead atoms. The number of methoxy groups -OCH3 is 1. The van der Waals surface area contributed by atoms with Crippen LogP contribution in [0, 0.1) is 18.3 Å². The van der Waals surface area contributed by atoms with Crippen molar-refractivity contribution in [3.8, 4) is 23.3 Å². The average Bonchev–Trinajstić information content (AvgIpc) is 3.28. The number of amides is 1. The molecule has 188 valence electrons. The van der Waals surface area contributed by atoms with Gasteiger partial charge in [0.25, 0.3) is 11.5 Å². The molecule has 0 unspecified atom stereocenters. The van der Waals surface area contributed by atoms with Crippen LogP contribution in [-0.2, 0) is 11.4 Å². The van der Waals surface area contributed by atoms with Crippen molar-refractivity contribution in [1.29, 1.82) is 5.26 Å². The molecule has 2 aromatic heterocycles. The van der Waals surface area contributed by atoms with E-state index in [9.17, 15) is 14.9 Å². The van der Waals surface area contributed by atoms with Crippen molar-refractivity contribution in [2.75, 3.05) is 19.0 Å². The summed E-state index contributed by atoms with van der Waals surface area (Å²) in [6.45, 7) is 4.06. The zero-order chi connectivity index (χ0) is 26.4. The lowest BCUT2D eigenvalue weighted by atomic mass is 10.1. The van der Waals surface area contributed by atoms with Gasteiger partial charge in [-0.05, 0) is 61.9 Å². The van der Waals surface area contributed by atoms with Gasteiger partial charge in [-0.3, -0.25) is 9.59 Å². The van der Waals surface area contributed by atoms with Crippen molar-refractivity contribution in [2.45, 2.75) is 20.5 Å². The zero-order valence-electron chi connectivity index (χ0n) is 20.3. The number of nitrogens with zero attached hydrogens (tertiary/aromatic N) is 4. The highest BCUT2D eigenvalue weighted by Gasteiger charge is 2.13. The number of anilines is 1. The predicted molar refractivity (Wildman–Crippen MR) is 139 cm³/mol. The number of rotatable bonds is 9. The van der Waals surface area contributed by atoms with Crippen LogP contribution in [0.1, 0.15) is 23.2 Å². The van der Waals surface area contributed by atoms with Gasteiger partial charge in [0.1, 0.15) is 29.0 Å². The Morgan fingerprint density at radius 2 is 1.95 bits per heavy atom. The number of benzene rings is 2. The Morgan fingerprint density at radius 3 is 2.65 bits per heavy atom. The van der Waals surface area contributed by atoms with Gasteiger partial charge in [-0.15, -0.1) is 0 Å². The fourth-order valence-electron chi connectivity index (χ4n) is 3.37. The minimum Gasteiger partial charge on any atom is -0.497 e. The zero-order valence-corrected chi connectivity index (χ0v) is 21.2. The number of ether oxygens (including phenoxy) is 3. The number of fused-ring (bicyclic) bond motifs is 1. The van der Waals surface area contributed by atoms with E-state index in [1.807, 2.05) is 13.0 Å². The first-order valence-corrected chi connectivity index (χ1v) is 12.0. The average molecular weight is 518 g/mol. The van der Waals surface area contributed by atoms with Crippen LogP contribution < -0.4 is 25.1 Å². The van der Waals surface area contributed by atoms with E-state index in [1.54, 1.807) is 56.5 Å². The van der Waals surface area contributed by atoms with E-state index in [1.165, 1.54) is 28.0 Å². The van der Waals surface area contributed by atoms with Gasteiger partial charge >= 0.3 is 0 Å². The molecule has 1 amide bonds. The third kappa shape index (κ3) is 6.12. The molecule has 0 radical (unpaired) electrons. The van der Waals surface area contributed by atoms with Gasteiger partial charge < -0.3 is 19.5 Å². The highest BCUT2D eigenvalue weighted by molar-refractivity contribution is 7.16. The Balaban J connectivity index is 1.51. The maximum Gasteiger partial charge on any atom is 0.275 e. The predicted octanol–water partition coefficient (Wildman–Crippen LogP) is 3.99. The van der Waals surface area contributed by atoms with Gasteiger partial charge in [0.15, 0.2) is 11.5 Å². The number of aryl methyl sites for hydroxylation is 1. The molecule has 0 fully saturated rings. The third-order valence-corrected chi connectivity index (χ3v) is 5.89. The summed E-state index contributed by atoms with van der Waals surface area (Å²) >= 11 is 1.32. The lowest BCUT2D eigenvalue weighted by molar-refractivity contribution is -0.112. The third-order valence-electron chi connectivity index (χ3n) is 5.07. The van der Waals surface area contributed by atoms with Crippen molar-refractivity contribution >= 4 is 34.0 Å². The summed E-state index contributed by atoms with van der Waals surface area (Å²) in [4.78, 5) is 29.8. The van der Waals surface area contributed by atoms with Gasteiger partial charge in [0.05, 0.1) is 19.4 Å². The molecule has 0 aliphatic rings. The van der Waals surface area contributed by atoms with Crippen molar-refractivity contribution in [1.82, 2.24) is 14.6 Å². The van der Waals surface area contributed by atoms with Gasteiger partial charge in [-0.1, -0.05) is 17.4 Å². The van der Waals surface area contributed by atoms with Crippen molar-refractivity contribution in [3.63, 3.8) is 0 Å². The number of aromatic nitrogens is 3. The Morgan fingerprint density at radius 1 is 1.16 bits per heavy atom. The van der Waals surface area contributed by atoms with Crippen LogP contribution in [0.4, 0.5) is 5.69 Å². The Kier molecular flexibility index (Phi) is 7.80. The number of carbonyl (C=O) groups excluding carboxylic acids is 1. The highest BCUT2D eigenvalue weighted by Crippen LogP contribution is 2.30. The molecule has 0 aliphatic heterocycles. The monoisotopic (exact) mass is 517 g/mol. The van der Waals surface area contributed by atoms with E-state index < -0.39 is 5.91 Å². The van der Waals surface area contributed by atoms with Crippen LogP contribution >= 0.6 is 11.3 Å². The maximum atomic E-state index is 12.6. The molecule has 4 aromatic rings. The minimum atomic E-state index is -0.544. The van der Waals surface area contributed by atoms with Crippen molar-refractivity contribution < 1.29 is 19.0 Å². The molecule has 11 heteroatoms. The summed E-state index contributed by atoms with van der Waals surface area (Å²) in [6, 6.07) is 15.2. The maximum absolute atomic E-state index is 12.6. The van der Waals surface area contributed by atoms with Crippen molar-refractivity contribution in [3.05, 3.63) is 80.7 Å². The van der Waals surface area contributed by atoms with Crippen LogP contribution in [0.3, 0.4) is 0 Å². The number of nitriles is 1. The van der Waals surface area contributed by atoms with Crippen LogP contribution in [0.25, 0.3) is 11.0 Å². The summed E-state index contributed by atoms with van der Waals surface area (Å²) in [6.07, 6.45) is 1.47. The Bertz CT molecular complexity index is 1570. The normalized spacial score (nSPS) is 11.1. The molecule has 4 rings (SSSR count). The number of carbonyl (C=O) groups is 1. The molecule has 0 atom stereocenters. The van der Waals surface area contributed by atoms with E-state index in [2.05, 4.69) is 15.4 Å². The lowest BCUT2D eigenvalue weighted by Gasteiger charge is -2.12. The van der Waals surface area contributed by atoms with E-state index in [-0.39, 0.29) is 17.7 Å². The fraction of sp³-hybridized carbons (Fsp3) is 0.192. The second-order valence-corrected chi connectivity index (χ2v) is 8.84. The van der Waals surface area contributed by atoms with E-state index >= 15 is 0 Å². The standard InChI is InChI=1S/C26H23N5O5S/c1-4-35-23-12-17(11-18(14-27)25(33)28-19-6-8-21(34-3)9-7-19)5-10-22(23)36-15-20-13-24(32)31-26(29-20)37-16(2)30-31/h5-13H,4,15H2,1-3H3,(H,28,33)/b18-11+. The van der Waals surface area contributed by atoms with Gasteiger partial charge in [-0.25, -0.2) is 4.98 Å². The molecule has 1 N–H and O–H groups in total. The summed E-state index contributed by atoms with van der Waals surface area (Å²) in [7, 11) is 1.55. The molecule has 10 nitrogen and oxygen atoms in total. The van der Waals surface area contributed by atoms with Crippen LogP contribution in [0.2, 0.25) is 0 Å².